The predicted molar refractivity (Wildman–Crippen MR) is 76.8 cm³/mol. The van der Waals surface area contributed by atoms with E-state index in [4.69, 9.17) is 0 Å². The molecule has 0 saturated carbocycles. The first-order valence-electron chi connectivity index (χ1n) is 6.17. The van der Waals surface area contributed by atoms with Gasteiger partial charge in [0.2, 0.25) is 11.8 Å². The van der Waals surface area contributed by atoms with E-state index in [1.54, 1.807) is 6.92 Å². The van der Waals surface area contributed by atoms with Gasteiger partial charge in [0.15, 0.2) is 0 Å². The molecule has 2 atom stereocenters. The van der Waals surface area contributed by atoms with E-state index < -0.39 is 12.1 Å². The van der Waals surface area contributed by atoms with Crippen LogP contribution in [0.1, 0.15) is 25.5 Å². The van der Waals surface area contributed by atoms with Gasteiger partial charge in [-0.2, -0.15) is 0 Å². The molecule has 0 aliphatic carbocycles. The molecule has 3 N–H and O–H groups in total. The molecule has 1 aliphatic rings. The fourth-order valence-electron chi connectivity index (χ4n) is 2.05. The SMILES string of the molecule is CCNC(=O)C(C)NC1C(=O)Nc2cc(Br)ccc21. The molecule has 5 nitrogen and oxygen atoms in total. The molecule has 0 spiro atoms. The highest BCUT2D eigenvalue weighted by atomic mass is 79.9. The van der Waals surface area contributed by atoms with Gasteiger partial charge in [-0.25, -0.2) is 0 Å². The maximum absolute atomic E-state index is 11.9. The number of amides is 2. The zero-order chi connectivity index (χ0) is 14.0. The molecule has 0 bridgehead atoms. The molecular formula is C13H16BrN3O2. The van der Waals surface area contributed by atoms with Gasteiger partial charge >= 0.3 is 0 Å². The molecule has 0 radical (unpaired) electrons. The van der Waals surface area contributed by atoms with Crippen molar-refractivity contribution in [3.05, 3.63) is 28.2 Å². The van der Waals surface area contributed by atoms with Gasteiger partial charge in [-0.05, 0) is 26.0 Å². The highest BCUT2D eigenvalue weighted by molar-refractivity contribution is 9.10. The van der Waals surface area contributed by atoms with Gasteiger partial charge in [0.1, 0.15) is 6.04 Å². The number of fused-ring (bicyclic) bond motifs is 1. The number of anilines is 1. The third-order valence-corrected chi connectivity index (χ3v) is 3.50. The van der Waals surface area contributed by atoms with Crippen molar-refractivity contribution in [3.8, 4) is 0 Å². The molecule has 2 unspecified atom stereocenters. The largest absolute Gasteiger partial charge is 0.355 e. The molecule has 1 aromatic carbocycles. The number of rotatable bonds is 4. The molecule has 0 fully saturated rings. The summed E-state index contributed by atoms with van der Waals surface area (Å²) in [5.74, 6) is -0.245. The normalized spacial score (nSPS) is 18.7. The molecule has 2 rings (SSSR count). The third-order valence-electron chi connectivity index (χ3n) is 3.01. The fraction of sp³-hybridized carbons (Fsp3) is 0.385. The van der Waals surface area contributed by atoms with Crippen LogP contribution in [0, 0.1) is 0 Å². The van der Waals surface area contributed by atoms with E-state index in [1.807, 2.05) is 25.1 Å². The number of nitrogens with one attached hydrogen (secondary N) is 3. The summed E-state index contributed by atoms with van der Waals surface area (Å²) >= 11 is 3.36. The Morgan fingerprint density at radius 1 is 1.53 bits per heavy atom. The molecule has 1 aromatic rings. The lowest BCUT2D eigenvalue weighted by atomic mass is 10.1. The van der Waals surface area contributed by atoms with Crippen LogP contribution >= 0.6 is 15.9 Å². The zero-order valence-corrected chi connectivity index (χ0v) is 12.4. The molecule has 19 heavy (non-hydrogen) atoms. The van der Waals surface area contributed by atoms with Crippen molar-refractivity contribution in [2.75, 3.05) is 11.9 Å². The average molecular weight is 326 g/mol. The first kappa shape index (κ1) is 14.0. The zero-order valence-electron chi connectivity index (χ0n) is 10.8. The van der Waals surface area contributed by atoms with Crippen molar-refractivity contribution in [2.45, 2.75) is 25.9 Å². The summed E-state index contributed by atoms with van der Waals surface area (Å²) in [6, 6.07) is 4.70. The number of carbonyl (C=O) groups is 2. The minimum absolute atomic E-state index is 0.110. The van der Waals surface area contributed by atoms with Crippen LogP contribution in [0.5, 0.6) is 0 Å². The van der Waals surface area contributed by atoms with Crippen LogP contribution in [0.2, 0.25) is 0 Å². The van der Waals surface area contributed by atoms with Gasteiger partial charge in [-0.1, -0.05) is 22.0 Å². The second-order valence-corrected chi connectivity index (χ2v) is 5.35. The minimum Gasteiger partial charge on any atom is -0.355 e. The maximum atomic E-state index is 11.9. The van der Waals surface area contributed by atoms with Gasteiger partial charge in [-0.3, -0.25) is 14.9 Å². The van der Waals surface area contributed by atoms with Crippen molar-refractivity contribution in [1.82, 2.24) is 10.6 Å². The molecule has 102 valence electrons. The standard InChI is InChI=1S/C13H16BrN3O2/c1-3-15-12(18)7(2)16-11-9-5-4-8(14)6-10(9)17-13(11)19/h4-7,11,16H,3H2,1-2H3,(H,15,18)(H,17,19). The van der Waals surface area contributed by atoms with Crippen molar-refractivity contribution >= 4 is 33.4 Å². The van der Waals surface area contributed by atoms with E-state index in [-0.39, 0.29) is 11.8 Å². The lowest BCUT2D eigenvalue weighted by Crippen LogP contribution is -2.45. The monoisotopic (exact) mass is 325 g/mol. The van der Waals surface area contributed by atoms with Crippen LogP contribution in [0.4, 0.5) is 5.69 Å². The lowest BCUT2D eigenvalue weighted by molar-refractivity contribution is -0.123. The average Bonchev–Trinajstić information content (AvgIpc) is 2.65. The van der Waals surface area contributed by atoms with E-state index in [1.165, 1.54) is 0 Å². The van der Waals surface area contributed by atoms with Crippen LogP contribution in [-0.2, 0) is 9.59 Å². The molecule has 2 amide bonds. The summed E-state index contributed by atoms with van der Waals surface area (Å²) in [5.41, 5.74) is 1.64. The summed E-state index contributed by atoms with van der Waals surface area (Å²) < 4.78 is 0.906. The Bertz CT molecular complexity index is 519. The number of hydrogen-bond acceptors (Lipinski definition) is 3. The minimum atomic E-state index is -0.485. The highest BCUT2D eigenvalue weighted by Crippen LogP contribution is 2.33. The fourth-order valence-corrected chi connectivity index (χ4v) is 2.41. The molecule has 0 aromatic heterocycles. The Hall–Kier alpha value is -1.40. The molecule has 1 heterocycles. The van der Waals surface area contributed by atoms with E-state index in [0.29, 0.717) is 6.54 Å². The van der Waals surface area contributed by atoms with E-state index >= 15 is 0 Å². The Labute approximate surface area is 120 Å². The first-order valence-corrected chi connectivity index (χ1v) is 6.96. The quantitative estimate of drug-likeness (QED) is 0.786. The lowest BCUT2D eigenvalue weighted by Gasteiger charge is -2.17. The molecular weight excluding hydrogens is 310 g/mol. The second kappa shape index (κ2) is 5.71. The molecule has 6 heteroatoms. The van der Waals surface area contributed by atoms with Crippen molar-refractivity contribution < 1.29 is 9.59 Å². The van der Waals surface area contributed by atoms with E-state index in [9.17, 15) is 9.59 Å². The predicted octanol–water partition coefficient (Wildman–Crippen LogP) is 1.56. The van der Waals surface area contributed by atoms with Crippen molar-refractivity contribution in [1.29, 1.82) is 0 Å². The summed E-state index contributed by atoms with van der Waals surface area (Å²) in [6.07, 6.45) is 0. The Morgan fingerprint density at radius 2 is 2.26 bits per heavy atom. The number of benzene rings is 1. The van der Waals surface area contributed by atoms with Gasteiger partial charge in [0.05, 0.1) is 6.04 Å². The van der Waals surface area contributed by atoms with Gasteiger partial charge < -0.3 is 10.6 Å². The Kier molecular flexibility index (Phi) is 4.21. The smallest absolute Gasteiger partial charge is 0.246 e. The van der Waals surface area contributed by atoms with Crippen LogP contribution in [0.3, 0.4) is 0 Å². The summed E-state index contributed by atoms with van der Waals surface area (Å²) in [5, 5.41) is 8.58. The van der Waals surface area contributed by atoms with Crippen molar-refractivity contribution in [2.24, 2.45) is 0 Å². The topological polar surface area (TPSA) is 70.2 Å². The van der Waals surface area contributed by atoms with Crippen LogP contribution in [-0.4, -0.2) is 24.4 Å². The van der Waals surface area contributed by atoms with Gasteiger partial charge in [-0.15, -0.1) is 0 Å². The van der Waals surface area contributed by atoms with Gasteiger partial charge in [0.25, 0.3) is 0 Å². The molecule has 1 aliphatic heterocycles. The Morgan fingerprint density at radius 3 is 2.95 bits per heavy atom. The van der Waals surface area contributed by atoms with E-state index in [0.717, 1.165) is 15.7 Å². The third kappa shape index (κ3) is 2.96. The first-order chi connectivity index (χ1) is 9.02. The summed E-state index contributed by atoms with van der Waals surface area (Å²) in [6.45, 7) is 4.18. The highest BCUT2D eigenvalue weighted by Gasteiger charge is 2.32. The van der Waals surface area contributed by atoms with Crippen LogP contribution in [0.15, 0.2) is 22.7 Å². The Balaban J connectivity index is 2.14. The van der Waals surface area contributed by atoms with Crippen LogP contribution < -0.4 is 16.0 Å². The number of hydrogen-bond donors (Lipinski definition) is 3. The van der Waals surface area contributed by atoms with Gasteiger partial charge in [0, 0.05) is 22.3 Å². The molecule has 0 saturated heterocycles. The number of halogens is 1. The van der Waals surface area contributed by atoms with Crippen LogP contribution in [0.25, 0.3) is 0 Å². The second-order valence-electron chi connectivity index (χ2n) is 4.44. The van der Waals surface area contributed by atoms with E-state index in [2.05, 4.69) is 31.9 Å². The summed E-state index contributed by atoms with van der Waals surface area (Å²) in [4.78, 5) is 23.6. The number of likely N-dealkylation sites (N-methyl/N-ethyl adjacent to an activating group) is 1. The maximum Gasteiger partial charge on any atom is 0.246 e. The van der Waals surface area contributed by atoms with Crippen molar-refractivity contribution in [3.63, 3.8) is 0 Å². The number of carbonyl (C=O) groups excluding carboxylic acids is 2. The summed E-state index contributed by atoms with van der Waals surface area (Å²) in [7, 11) is 0.